The summed E-state index contributed by atoms with van der Waals surface area (Å²) >= 11 is 0.789. The highest BCUT2D eigenvalue weighted by Crippen LogP contribution is 2.34. The molecule has 3 aromatic rings. The highest BCUT2D eigenvalue weighted by molar-refractivity contribution is 7.20. The molecule has 2 heterocycles. The third kappa shape index (κ3) is 5.44. The van der Waals surface area contributed by atoms with Crippen LogP contribution in [0.4, 0.5) is 26.3 Å². The molecule has 1 atom stereocenters. The van der Waals surface area contributed by atoms with Crippen LogP contribution in [-0.2, 0) is 6.18 Å². The highest BCUT2D eigenvalue weighted by Gasteiger charge is 2.33. The van der Waals surface area contributed by atoms with Crippen molar-refractivity contribution in [2.24, 2.45) is 0 Å². The van der Waals surface area contributed by atoms with Crippen molar-refractivity contribution >= 4 is 27.5 Å². The van der Waals surface area contributed by atoms with Crippen molar-refractivity contribution < 1.29 is 41.0 Å². The molecule has 0 bridgehead atoms. The molecule has 0 saturated heterocycles. The number of hydrogen-bond donors (Lipinski definition) is 2. The summed E-state index contributed by atoms with van der Waals surface area (Å²) in [6, 6.07) is 6.55. The van der Waals surface area contributed by atoms with Gasteiger partial charge in [0.05, 0.1) is 11.0 Å². The van der Waals surface area contributed by atoms with Gasteiger partial charge in [0, 0.05) is 11.9 Å². The Hall–Kier alpha value is -2.86. The molecule has 0 aliphatic rings. The van der Waals surface area contributed by atoms with E-state index in [1.54, 1.807) is 6.92 Å². The van der Waals surface area contributed by atoms with Crippen molar-refractivity contribution in [2.45, 2.75) is 25.6 Å². The maximum atomic E-state index is 12.8. The van der Waals surface area contributed by atoms with Gasteiger partial charge in [0.2, 0.25) is 0 Å². The Balaban J connectivity index is 1.69. The monoisotopic (exact) mass is 464 g/mol. The maximum absolute atomic E-state index is 12.8. The molecular weight excluding hydrogens is 450 g/mol. The highest BCUT2D eigenvalue weighted by atomic mass is 32.1. The molecule has 0 fully saturated rings. The van der Waals surface area contributed by atoms with E-state index < -0.39 is 36.0 Å². The van der Waals surface area contributed by atoms with Crippen LogP contribution in [0.1, 0.15) is 32.6 Å². The van der Waals surface area contributed by atoms with Crippen LogP contribution < -0.4 is 10.1 Å². The summed E-state index contributed by atoms with van der Waals surface area (Å²) in [4.78, 5) is 16.2. The number of halogens is 6. The Kier molecular flexibility index (Phi) is 6.14. The summed E-state index contributed by atoms with van der Waals surface area (Å²) in [5, 5.41) is 13.0. The van der Waals surface area contributed by atoms with Crippen LogP contribution in [0.3, 0.4) is 0 Å². The first-order chi connectivity index (χ1) is 14.3. The molecule has 0 aliphatic carbocycles. The van der Waals surface area contributed by atoms with Crippen LogP contribution in [0.2, 0.25) is 0 Å². The van der Waals surface area contributed by atoms with E-state index in [-0.39, 0.29) is 21.8 Å². The number of ether oxygens (including phenoxy) is 1. The van der Waals surface area contributed by atoms with Crippen LogP contribution >= 0.6 is 11.3 Å². The van der Waals surface area contributed by atoms with E-state index in [4.69, 9.17) is 0 Å². The Morgan fingerprint density at radius 3 is 2.35 bits per heavy atom. The zero-order valence-corrected chi connectivity index (χ0v) is 16.5. The minimum Gasteiger partial charge on any atom is -0.406 e. The van der Waals surface area contributed by atoms with Crippen LogP contribution in [0, 0.1) is 6.92 Å². The summed E-state index contributed by atoms with van der Waals surface area (Å²) in [7, 11) is 0. The number of benzene rings is 1. The fourth-order valence-corrected chi connectivity index (χ4v) is 3.85. The smallest absolute Gasteiger partial charge is 0.406 e. The molecular formula is C19H14F6N2O3S. The zero-order valence-electron chi connectivity index (χ0n) is 15.6. The predicted octanol–water partition coefficient (Wildman–Crippen LogP) is 4.99. The third-order valence-corrected chi connectivity index (χ3v) is 5.45. The van der Waals surface area contributed by atoms with E-state index in [1.807, 2.05) is 0 Å². The molecule has 0 aliphatic heterocycles. The number of aliphatic hydroxyl groups excluding tert-OH is 1. The lowest BCUT2D eigenvalue weighted by molar-refractivity contribution is -0.274. The number of alkyl halides is 6. The Morgan fingerprint density at radius 1 is 1.13 bits per heavy atom. The second kappa shape index (κ2) is 8.35. The van der Waals surface area contributed by atoms with Gasteiger partial charge in [0.15, 0.2) is 0 Å². The van der Waals surface area contributed by atoms with Gasteiger partial charge < -0.3 is 15.2 Å². The number of pyridine rings is 1. The van der Waals surface area contributed by atoms with Gasteiger partial charge in [0.25, 0.3) is 5.91 Å². The number of aromatic nitrogens is 1. The average molecular weight is 464 g/mol. The quantitative estimate of drug-likeness (QED) is 0.523. The zero-order chi connectivity index (χ0) is 23.0. The minimum absolute atomic E-state index is 0.0540. The van der Waals surface area contributed by atoms with Gasteiger partial charge >= 0.3 is 12.5 Å². The van der Waals surface area contributed by atoms with E-state index in [1.165, 1.54) is 18.2 Å². The molecule has 0 saturated carbocycles. The van der Waals surface area contributed by atoms with Gasteiger partial charge in [-0.1, -0.05) is 12.1 Å². The molecule has 2 N–H and O–H groups in total. The Morgan fingerprint density at radius 2 is 1.77 bits per heavy atom. The molecule has 31 heavy (non-hydrogen) atoms. The maximum Gasteiger partial charge on any atom is 0.573 e. The van der Waals surface area contributed by atoms with E-state index in [0.29, 0.717) is 10.9 Å². The number of nitrogens with zero attached hydrogens (tertiary/aromatic N) is 1. The molecule has 12 heteroatoms. The summed E-state index contributed by atoms with van der Waals surface area (Å²) < 4.78 is 78.8. The molecule has 3 rings (SSSR count). The SMILES string of the molecule is Cc1c(C(=O)NCC(O)c2ccc(OC(F)(F)F)cc2)sc2nc(C(F)(F)F)ccc12. The van der Waals surface area contributed by atoms with Crippen molar-refractivity contribution in [3.63, 3.8) is 0 Å². The van der Waals surface area contributed by atoms with Crippen molar-refractivity contribution in [1.82, 2.24) is 10.3 Å². The van der Waals surface area contributed by atoms with Crippen LogP contribution in [0.5, 0.6) is 5.75 Å². The van der Waals surface area contributed by atoms with Crippen molar-refractivity contribution in [3.05, 3.63) is 58.1 Å². The first-order valence-corrected chi connectivity index (χ1v) is 9.46. The van der Waals surface area contributed by atoms with Crippen molar-refractivity contribution in [1.29, 1.82) is 0 Å². The van der Waals surface area contributed by atoms with Crippen molar-refractivity contribution in [2.75, 3.05) is 6.54 Å². The third-order valence-electron chi connectivity index (χ3n) is 4.25. The number of rotatable bonds is 5. The average Bonchev–Trinajstić information content (AvgIpc) is 3.01. The molecule has 5 nitrogen and oxygen atoms in total. The lowest BCUT2D eigenvalue weighted by atomic mass is 10.1. The first kappa shape index (κ1) is 22.8. The molecule has 166 valence electrons. The van der Waals surface area contributed by atoms with Crippen LogP contribution in [-0.4, -0.2) is 28.9 Å². The summed E-state index contributed by atoms with van der Waals surface area (Å²) in [6.07, 6.45) is -10.7. The minimum atomic E-state index is -4.84. The Bertz CT molecular complexity index is 1090. The number of nitrogens with one attached hydrogen (secondary N) is 1. The van der Waals surface area contributed by atoms with Crippen molar-refractivity contribution in [3.8, 4) is 5.75 Å². The number of thiophene rings is 1. The number of carbonyl (C=O) groups is 1. The number of aliphatic hydroxyl groups is 1. The van der Waals surface area contributed by atoms with Gasteiger partial charge in [0.1, 0.15) is 16.3 Å². The molecule has 2 aromatic heterocycles. The summed E-state index contributed by atoms with van der Waals surface area (Å²) in [6.45, 7) is 1.30. The number of amides is 1. The lowest BCUT2D eigenvalue weighted by Crippen LogP contribution is -2.28. The number of hydrogen-bond acceptors (Lipinski definition) is 5. The van der Waals surface area contributed by atoms with Gasteiger partial charge in [-0.2, -0.15) is 13.2 Å². The Labute approximate surface area is 175 Å². The summed E-state index contributed by atoms with van der Waals surface area (Å²) in [5.74, 6) is -1.08. The first-order valence-electron chi connectivity index (χ1n) is 8.64. The van der Waals surface area contributed by atoms with E-state index in [2.05, 4.69) is 15.0 Å². The molecule has 1 amide bonds. The van der Waals surface area contributed by atoms with Gasteiger partial charge in [-0.3, -0.25) is 4.79 Å². The van der Waals surface area contributed by atoms with Crippen LogP contribution in [0.15, 0.2) is 36.4 Å². The van der Waals surface area contributed by atoms with E-state index >= 15 is 0 Å². The largest absolute Gasteiger partial charge is 0.573 e. The number of fused-ring (bicyclic) bond motifs is 1. The second-order valence-electron chi connectivity index (χ2n) is 6.45. The van der Waals surface area contributed by atoms with Crippen LogP contribution in [0.25, 0.3) is 10.2 Å². The fraction of sp³-hybridized carbons (Fsp3) is 0.263. The number of carbonyl (C=O) groups excluding carboxylic acids is 1. The molecule has 1 unspecified atom stereocenters. The fourth-order valence-electron chi connectivity index (χ4n) is 2.75. The molecule has 0 radical (unpaired) electrons. The van der Waals surface area contributed by atoms with Gasteiger partial charge in [-0.05, 0) is 42.3 Å². The standard InChI is InChI=1S/C19H14F6N2O3S/c1-9-12-6-7-14(18(20,21)22)27-17(12)31-15(9)16(29)26-8-13(28)10-2-4-11(5-3-10)30-19(23,24)25/h2-7,13,28H,8H2,1H3,(H,26,29). The lowest BCUT2D eigenvalue weighted by Gasteiger charge is -2.13. The van der Waals surface area contributed by atoms with Gasteiger partial charge in [-0.25, -0.2) is 4.98 Å². The predicted molar refractivity (Wildman–Crippen MR) is 99.8 cm³/mol. The topological polar surface area (TPSA) is 71.5 Å². The summed E-state index contributed by atoms with van der Waals surface area (Å²) in [5.41, 5.74) is -0.386. The molecule has 0 spiro atoms. The van der Waals surface area contributed by atoms with E-state index in [0.717, 1.165) is 29.5 Å². The second-order valence-corrected chi connectivity index (χ2v) is 7.44. The van der Waals surface area contributed by atoms with Gasteiger partial charge in [-0.15, -0.1) is 24.5 Å². The molecule has 1 aromatic carbocycles. The number of aryl methyl sites for hydroxylation is 1. The normalized spacial score (nSPS) is 13.3. The van der Waals surface area contributed by atoms with E-state index in [9.17, 15) is 36.2 Å².